The van der Waals surface area contributed by atoms with Crippen LogP contribution in [0.5, 0.6) is 0 Å². The smallest absolute Gasteiger partial charge is 0.393 e. The number of hydrogen-bond acceptors (Lipinski definition) is 2. The third-order valence-corrected chi connectivity index (χ3v) is 3.21. The second-order valence-electron chi connectivity index (χ2n) is 4.83. The summed E-state index contributed by atoms with van der Waals surface area (Å²) in [5.41, 5.74) is -1.01. The first-order valence-electron chi connectivity index (χ1n) is 5.93. The average molecular weight is 287 g/mol. The summed E-state index contributed by atoms with van der Waals surface area (Å²) < 4.78 is 36.5. The summed E-state index contributed by atoms with van der Waals surface area (Å²) in [4.78, 5) is 22.7. The van der Waals surface area contributed by atoms with Gasteiger partial charge >= 0.3 is 12.1 Å². The Balaban J connectivity index is 2.01. The van der Waals surface area contributed by atoms with Crippen molar-refractivity contribution < 1.29 is 27.9 Å². The number of anilines is 1. The maximum Gasteiger partial charge on any atom is 0.393 e. The van der Waals surface area contributed by atoms with Crippen molar-refractivity contribution in [3.8, 4) is 0 Å². The number of carboxylic acids is 1. The molecule has 1 saturated carbocycles. The van der Waals surface area contributed by atoms with Crippen LogP contribution in [0.15, 0.2) is 24.3 Å². The second kappa shape index (κ2) is 4.81. The molecule has 1 fully saturated rings. The average Bonchev–Trinajstić information content (AvgIpc) is 3.11. The summed E-state index contributed by atoms with van der Waals surface area (Å²) in [5.74, 6) is -1.81. The minimum Gasteiger partial charge on any atom is -0.480 e. The summed E-state index contributed by atoms with van der Waals surface area (Å²) >= 11 is 0. The highest BCUT2D eigenvalue weighted by Crippen LogP contribution is 2.46. The molecule has 2 N–H and O–H groups in total. The van der Waals surface area contributed by atoms with Crippen LogP contribution in [0, 0.1) is 5.41 Å². The number of alkyl halides is 3. The van der Waals surface area contributed by atoms with Gasteiger partial charge in [0, 0.05) is 5.69 Å². The molecule has 0 spiro atoms. The number of carbonyl (C=O) groups is 2. The van der Waals surface area contributed by atoms with Gasteiger partial charge in [0.2, 0.25) is 5.91 Å². The largest absolute Gasteiger partial charge is 0.480 e. The predicted molar refractivity (Wildman–Crippen MR) is 64.1 cm³/mol. The number of aliphatic carboxylic acids is 1. The van der Waals surface area contributed by atoms with Gasteiger partial charge in [-0.15, -0.1) is 0 Å². The third-order valence-electron chi connectivity index (χ3n) is 3.21. The molecule has 4 nitrogen and oxygen atoms in total. The van der Waals surface area contributed by atoms with Gasteiger partial charge in [0.25, 0.3) is 0 Å². The zero-order chi connectivity index (χ0) is 15.0. The monoisotopic (exact) mass is 287 g/mol. The molecule has 0 unspecified atom stereocenters. The van der Waals surface area contributed by atoms with Crippen molar-refractivity contribution in [1.82, 2.24) is 0 Å². The molecule has 0 atom stereocenters. The molecule has 0 bridgehead atoms. The van der Waals surface area contributed by atoms with Crippen molar-refractivity contribution >= 4 is 17.6 Å². The highest BCUT2D eigenvalue weighted by molar-refractivity contribution is 6.10. The fourth-order valence-electron chi connectivity index (χ4n) is 1.85. The van der Waals surface area contributed by atoms with Gasteiger partial charge < -0.3 is 10.4 Å². The first kappa shape index (κ1) is 14.4. The van der Waals surface area contributed by atoms with Crippen molar-refractivity contribution in [2.45, 2.75) is 25.4 Å². The van der Waals surface area contributed by atoms with Crippen molar-refractivity contribution in [3.63, 3.8) is 0 Å². The lowest BCUT2D eigenvalue weighted by atomic mass is 10.1. The van der Waals surface area contributed by atoms with E-state index in [4.69, 9.17) is 5.11 Å². The number of rotatable bonds is 4. The molecule has 1 aromatic carbocycles. The Morgan fingerprint density at radius 2 is 1.75 bits per heavy atom. The molecule has 108 valence electrons. The molecule has 0 heterocycles. The van der Waals surface area contributed by atoms with E-state index in [1.165, 1.54) is 24.3 Å². The lowest BCUT2D eigenvalue weighted by molar-refractivity contribution is -0.147. The molecular formula is C13H12F3NO3. The van der Waals surface area contributed by atoms with E-state index in [2.05, 4.69) is 5.32 Å². The van der Waals surface area contributed by atoms with Gasteiger partial charge in [-0.3, -0.25) is 9.59 Å². The molecular weight excluding hydrogens is 275 g/mol. The quantitative estimate of drug-likeness (QED) is 0.836. The van der Waals surface area contributed by atoms with Crippen molar-refractivity contribution in [2.24, 2.45) is 5.41 Å². The van der Waals surface area contributed by atoms with Crippen LogP contribution in [-0.2, 0) is 16.0 Å². The Kier molecular flexibility index (Phi) is 3.45. The Labute approximate surface area is 112 Å². The molecule has 20 heavy (non-hydrogen) atoms. The Morgan fingerprint density at radius 3 is 2.15 bits per heavy atom. The van der Waals surface area contributed by atoms with Crippen LogP contribution in [-0.4, -0.2) is 23.2 Å². The molecule has 1 amide bonds. The van der Waals surface area contributed by atoms with Crippen LogP contribution in [0.3, 0.4) is 0 Å². The zero-order valence-electron chi connectivity index (χ0n) is 10.3. The van der Waals surface area contributed by atoms with E-state index in [-0.39, 0.29) is 24.1 Å². The number of nitrogens with one attached hydrogen (secondary N) is 1. The van der Waals surface area contributed by atoms with E-state index >= 15 is 0 Å². The lowest BCUT2D eigenvalue weighted by Gasteiger charge is -2.11. The number of halogens is 3. The van der Waals surface area contributed by atoms with E-state index in [0.29, 0.717) is 0 Å². The lowest BCUT2D eigenvalue weighted by Crippen LogP contribution is -2.31. The van der Waals surface area contributed by atoms with E-state index < -0.39 is 29.9 Å². The highest BCUT2D eigenvalue weighted by atomic mass is 19.4. The second-order valence-corrected chi connectivity index (χ2v) is 4.83. The van der Waals surface area contributed by atoms with Crippen LogP contribution in [0.2, 0.25) is 0 Å². The van der Waals surface area contributed by atoms with Crippen molar-refractivity contribution in [3.05, 3.63) is 29.8 Å². The number of benzene rings is 1. The first-order valence-corrected chi connectivity index (χ1v) is 5.93. The van der Waals surface area contributed by atoms with Gasteiger partial charge in [-0.25, -0.2) is 0 Å². The molecule has 0 aliphatic heterocycles. The molecule has 1 aliphatic carbocycles. The molecule has 0 saturated heterocycles. The number of amides is 1. The summed E-state index contributed by atoms with van der Waals surface area (Å²) in [7, 11) is 0. The van der Waals surface area contributed by atoms with E-state index in [1.54, 1.807) is 0 Å². The SMILES string of the molecule is O=C(O)C1(C(=O)Nc2ccc(CC(F)(F)F)cc2)CC1. The van der Waals surface area contributed by atoms with E-state index in [0.717, 1.165) is 0 Å². The zero-order valence-corrected chi connectivity index (χ0v) is 10.3. The van der Waals surface area contributed by atoms with Crippen LogP contribution in [0.25, 0.3) is 0 Å². The van der Waals surface area contributed by atoms with Crippen molar-refractivity contribution in [2.75, 3.05) is 5.32 Å². The maximum absolute atomic E-state index is 12.2. The van der Waals surface area contributed by atoms with Gasteiger partial charge in [-0.05, 0) is 30.5 Å². The Hall–Kier alpha value is -2.05. The molecule has 1 aliphatic rings. The van der Waals surface area contributed by atoms with E-state index in [9.17, 15) is 22.8 Å². The van der Waals surface area contributed by atoms with Crippen molar-refractivity contribution in [1.29, 1.82) is 0 Å². The van der Waals surface area contributed by atoms with Crippen LogP contribution < -0.4 is 5.32 Å². The van der Waals surface area contributed by atoms with Gasteiger partial charge in [-0.1, -0.05) is 12.1 Å². The van der Waals surface area contributed by atoms with Gasteiger partial charge in [0.15, 0.2) is 0 Å². The third kappa shape index (κ3) is 3.09. The first-order chi connectivity index (χ1) is 9.23. The molecule has 0 aromatic heterocycles. The molecule has 0 radical (unpaired) electrons. The Bertz CT molecular complexity index is 533. The summed E-state index contributed by atoms with van der Waals surface area (Å²) in [5, 5.41) is 11.4. The normalized spacial score (nSPS) is 16.6. The highest BCUT2D eigenvalue weighted by Gasteiger charge is 2.57. The van der Waals surface area contributed by atoms with Crippen LogP contribution >= 0.6 is 0 Å². The Morgan fingerprint density at radius 1 is 1.20 bits per heavy atom. The van der Waals surface area contributed by atoms with E-state index in [1.807, 2.05) is 0 Å². The van der Waals surface area contributed by atoms with Gasteiger partial charge in [0.1, 0.15) is 5.41 Å². The van der Waals surface area contributed by atoms with Gasteiger partial charge in [-0.2, -0.15) is 13.2 Å². The molecule has 2 rings (SSSR count). The van der Waals surface area contributed by atoms with Gasteiger partial charge in [0.05, 0.1) is 6.42 Å². The number of carboxylic acid groups (broad SMARTS) is 1. The minimum atomic E-state index is -4.29. The fourth-order valence-corrected chi connectivity index (χ4v) is 1.85. The topological polar surface area (TPSA) is 66.4 Å². The standard InChI is InChI=1S/C13H12F3NO3/c14-13(15,16)7-8-1-3-9(4-2-8)17-10(18)12(5-6-12)11(19)20/h1-4H,5-7H2,(H,17,18)(H,19,20). The summed E-state index contributed by atoms with van der Waals surface area (Å²) in [6.07, 6.45) is -4.77. The molecule has 1 aromatic rings. The van der Waals surface area contributed by atoms with Crippen LogP contribution in [0.1, 0.15) is 18.4 Å². The summed E-state index contributed by atoms with van der Waals surface area (Å²) in [6.45, 7) is 0. The number of hydrogen-bond donors (Lipinski definition) is 2. The summed E-state index contributed by atoms with van der Waals surface area (Å²) in [6, 6.07) is 5.17. The predicted octanol–water partition coefficient (Wildman–Crippen LogP) is 2.59. The number of carbonyl (C=O) groups excluding carboxylic acids is 1. The maximum atomic E-state index is 12.2. The van der Waals surface area contributed by atoms with Crippen LogP contribution in [0.4, 0.5) is 18.9 Å². The minimum absolute atomic E-state index is 0.0786. The molecule has 7 heteroatoms. The fraction of sp³-hybridized carbons (Fsp3) is 0.385.